The number of phosphoric acid groups is 4. The highest BCUT2D eigenvalue weighted by Gasteiger charge is 2.57. The molecule has 2 unspecified atom stereocenters. The van der Waals surface area contributed by atoms with Crippen molar-refractivity contribution in [1.82, 2.24) is 15.6 Å². The first-order chi connectivity index (χ1) is 43.7. The van der Waals surface area contributed by atoms with Crippen molar-refractivity contribution in [3.8, 4) is 0 Å². The van der Waals surface area contributed by atoms with E-state index in [2.05, 4.69) is 48.5 Å². The predicted octanol–water partition coefficient (Wildman–Crippen LogP) is 9.69. The fourth-order valence-electron chi connectivity index (χ4n) is 10.3. The molecule has 0 saturated heterocycles. The number of aliphatic hydroxyl groups is 3. The number of anilines is 1. The van der Waals surface area contributed by atoms with Crippen LogP contribution in [0.4, 0.5) is 11.4 Å². The first kappa shape index (κ1) is 82.8. The zero-order valence-corrected chi connectivity index (χ0v) is 56.5. The average molecular weight is 1400 g/mol. The number of amides is 1. The van der Waals surface area contributed by atoms with Gasteiger partial charge in [0, 0.05) is 38.4 Å². The van der Waals surface area contributed by atoms with Gasteiger partial charge in [0.2, 0.25) is 11.4 Å². The number of fused-ring (bicyclic) bond motifs is 1. The van der Waals surface area contributed by atoms with Crippen molar-refractivity contribution in [1.29, 1.82) is 0 Å². The summed E-state index contributed by atoms with van der Waals surface area (Å²) in [6.07, 6.45) is 7.58. The van der Waals surface area contributed by atoms with Gasteiger partial charge in [0.05, 0.1) is 30.4 Å². The number of aromatic nitrogens is 2. The fraction of sp³-hybridized carbons (Fsp3) is 0.839. The highest BCUT2D eigenvalue weighted by atomic mass is 31.2. The van der Waals surface area contributed by atoms with Crippen LogP contribution in [-0.2, 0) is 69.3 Å². The summed E-state index contributed by atoms with van der Waals surface area (Å²) in [6, 6.07) is 2.75. The Balaban J connectivity index is 1.72. The quantitative estimate of drug-likeness (QED) is 0.00964. The number of esters is 2. The van der Waals surface area contributed by atoms with E-state index in [0.717, 1.165) is 70.6 Å². The van der Waals surface area contributed by atoms with E-state index in [1.807, 2.05) is 0 Å². The van der Waals surface area contributed by atoms with Crippen LogP contribution in [0.25, 0.3) is 11.0 Å². The maximum Gasteiger partial charge on any atom is 0.472 e. The van der Waals surface area contributed by atoms with Crippen molar-refractivity contribution in [2.75, 3.05) is 38.2 Å². The lowest BCUT2D eigenvalue weighted by molar-refractivity contribution is -0.383. The van der Waals surface area contributed by atoms with Crippen LogP contribution in [0.15, 0.2) is 16.8 Å². The Morgan fingerprint density at radius 2 is 0.924 bits per heavy atom. The lowest BCUT2D eigenvalue weighted by atomic mass is 9.85. The number of hydrogen-bond acceptors (Lipinski definition) is 24. The van der Waals surface area contributed by atoms with Gasteiger partial charge in [-0.1, -0.05) is 174 Å². The fourth-order valence-corrected chi connectivity index (χ4v) is 13.1. The summed E-state index contributed by atoms with van der Waals surface area (Å²) in [7, 11) is -22.4. The molecule has 1 fully saturated rings. The smallest absolute Gasteiger partial charge is 0.456 e. The molecule has 1 aliphatic carbocycles. The van der Waals surface area contributed by atoms with E-state index in [4.69, 9.17) is 27.6 Å². The number of rotatable bonds is 55. The molecular weight excluding hydrogens is 1300 g/mol. The molecule has 1 aromatic heterocycles. The Labute approximate surface area is 537 Å². The standard InChI is InChI=1S/C56H101N5O27P4/c1-3-5-7-9-11-13-15-17-19-21-23-25-29-33-47(63)83-44(40-81-91(76,77)80-39-38-58-46(62)32-28-27-31-37-57-42-35-36-43(61(68)69)50-49(42)59-88-60-50)45(84-48(64)34-30-26-24-22-20-18-16-14-12-10-8-6-4-2)41-82-92(78,79)87-54-51(65)52(66)55(85-89(70,71)72)56(53(54)67)86-90(73,74)75/h35-36,44-45,51-57,65-67H,3-34,37-41H2,1-2H3,(H,58,62)(H,76,77)(H,78,79)(H2,70,71,72)(H2,73,74,75)/t44-,45-,51-,52+,53+,54-,55-,56-/m1/s1. The lowest BCUT2D eigenvalue weighted by Crippen LogP contribution is -2.65. The summed E-state index contributed by atoms with van der Waals surface area (Å²) in [5, 5.41) is 57.0. The molecule has 0 spiro atoms. The molecule has 3 rings (SSSR count). The molecule has 32 nitrogen and oxygen atoms in total. The normalized spacial score (nSPS) is 19.9. The largest absolute Gasteiger partial charge is 0.472 e. The van der Waals surface area contributed by atoms with Gasteiger partial charge < -0.3 is 64.8 Å². The van der Waals surface area contributed by atoms with Crippen LogP contribution >= 0.6 is 31.3 Å². The summed E-state index contributed by atoms with van der Waals surface area (Å²) in [4.78, 5) is 110. The van der Waals surface area contributed by atoms with Gasteiger partial charge in [-0.25, -0.2) is 22.9 Å². The van der Waals surface area contributed by atoms with Gasteiger partial charge in [-0.2, -0.15) is 0 Å². The molecular formula is C56H101N5O27P4. The summed E-state index contributed by atoms with van der Waals surface area (Å²) < 4.78 is 95.8. The number of nitro benzene ring substituents is 1. The second kappa shape index (κ2) is 45.1. The van der Waals surface area contributed by atoms with E-state index in [-0.39, 0.29) is 42.5 Å². The minimum absolute atomic E-state index is 0.0108. The van der Waals surface area contributed by atoms with Gasteiger partial charge in [0.25, 0.3) is 0 Å². The molecule has 0 bridgehead atoms. The molecule has 1 saturated carbocycles. The predicted molar refractivity (Wildman–Crippen MR) is 333 cm³/mol. The van der Waals surface area contributed by atoms with Gasteiger partial charge in [-0.05, 0) is 42.1 Å². The van der Waals surface area contributed by atoms with Crippen molar-refractivity contribution in [3.05, 3.63) is 22.2 Å². The molecule has 0 aliphatic heterocycles. The summed E-state index contributed by atoms with van der Waals surface area (Å²) >= 11 is 0. The van der Waals surface area contributed by atoms with Crippen LogP contribution in [0.3, 0.4) is 0 Å². The number of carbonyl (C=O) groups excluding carboxylic acids is 3. The minimum Gasteiger partial charge on any atom is -0.456 e. The SMILES string of the molecule is CCCCCCCCCCCCCCCC(=O)O[C@H](COP(=O)(O)OCCNC(=O)CCCCCNc1ccc([N+](=O)[O-])c2nonc12)[C@@H](COP(=O)(O)O[C@@H]1[C@H](O)[C@H](O)[C@@H](OP(=O)(O)O)[C@H](OP(=O)(O)O)[C@H]1O)OC(=O)CCCCCCCCCCCCCCC. The molecule has 1 aliphatic rings. The molecule has 10 atom stereocenters. The van der Waals surface area contributed by atoms with Crippen LogP contribution in [0.5, 0.6) is 0 Å². The van der Waals surface area contributed by atoms with Gasteiger partial charge in [0.15, 0.2) is 17.7 Å². The van der Waals surface area contributed by atoms with E-state index >= 15 is 0 Å². The van der Waals surface area contributed by atoms with Gasteiger partial charge in [0.1, 0.15) is 36.6 Å². The summed E-state index contributed by atoms with van der Waals surface area (Å²) in [5.41, 5.74) is 0.382. The van der Waals surface area contributed by atoms with Gasteiger partial charge in [-0.15, -0.1) is 0 Å². The molecule has 36 heteroatoms. The molecule has 0 radical (unpaired) electrons. The van der Waals surface area contributed by atoms with Crippen LogP contribution in [-0.4, -0.2) is 160 Å². The van der Waals surface area contributed by atoms with E-state index in [1.54, 1.807) is 0 Å². The number of ether oxygens (including phenoxy) is 2. The Kier molecular flexibility index (Phi) is 40.6. The topological polar surface area (TPSA) is 482 Å². The second-order valence-electron chi connectivity index (χ2n) is 23.0. The first-order valence-corrected chi connectivity index (χ1v) is 38.3. The Morgan fingerprint density at radius 1 is 0.522 bits per heavy atom. The highest BCUT2D eigenvalue weighted by Crippen LogP contribution is 2.52. The monoisotopic (exact) mass is 1400 g/mol. The molecule has 1 amide bonds. The second-order valence-corrected chi connectivity index (χ2v) is 28.2. The third-order valence-electron chi connectivity index (χ3n) is 15.2. The van der Waals surface area contributed by atoms with Crippen LogP contribution in [0.1, 0.15) is 219 Å². The number of carbonyl (C=O) groups is 3. The number of nitro groups is 1. The third-order valence-corrected chi connectivity index (χ3v) is 18.2. The van der Waals surface area contributed by atoms with Crippen molar-refractivity contribution in [2.45, 2.75) is 268 Å². The van der Waals surface area contributed by atoms with Crippen molar-refractivity contribution in [3.63, 3.8) is 0 Å². The molecule has 1 aromatic carbocycles. The number of unbranched alkanes of at least 4 members (excludes halogenated alkanes) is 26. The van der Waals surface area contributed by atoms with Crippen molar-refractivity contribution >= 4 is 71.5 Å². The van der Waals surface area contributed by atoms with E-state index in [1.165, 1.54) is 82.8 Å². The van der Waals surface area contributed by atoms with E-state index in [0.29, 0.717) is 57.2 Å². The number of benzene rings is 1. The van der Waals surface area contributed by atoms with Crippen molar-refractivity contribution in [2.24, 2.45) is 0 Å². The molecule has 532 valence electrons. The average Bonchev–Trinajstić information content (AvgIpc) is 0.816. The molecule has 1 heterocycles. The third kappa shape index (κ3) is 35.5. The number of nitrogens with zero attached hydrogens (tertiary/aromatic N) is 3. The number of aliphatic hydroxyl groups excluding tert-OH is 3. The maximum absolute atomic E-state index is 13.7. The minimum atomic E-state index is -5.82. The first-order valence-electron chi connectivity index (χ1n) is 32.3. The van der Waals surface area contributed by atoms with Crippen LogP contribution in [0, 0.1) is 10.1 Å². The number of hydrogen-bond donors (Lipinski definition) is 11. The van der Waals surface area contributed by atoms with Crippen LogP contribution < -0.4 is 10.6 Å². The Hall–Kier alpha value is -3.45. The van der Waals surface area contributed by atoms with Crippen molar-refractivity contribution < 1.29 is 123 Å². The number of non-ortho nitro benzene ring substituents is 1. The van der Waals surface area contributed by atoms with E-state index in [9.17, 15) is 87.4 Å². The molecule has 11 N–H and O–H groups in total. The van der Waals surface area contributed by atoms with Crippen LogP contribution in [0.2, 0.25) is 0 Å². The molecule has 92 heavy (non-hydrogen) atoms. The Morgan fingerprint density at radius 3 is 1.38 bits per heavy atom. The van der Waals surface area contributed by atoms with Gasteiger partial charge >= 0.3 is 48.9 Å². The maximum atomic E-state index is 13.7. The summed E-state index contributed by atoms with van der Waals surface area (Å²) in [6.45, 7) is 1.52. The summed E-state index contributed by atoms with van der Waals surface area (Å²) in [5.74, 6) is -2.30. The lowest BCUT2D eigenvalue weighted by Gasteiger charge is -2.44. The zero-order valence-electron chi connectivity index (χ0n) is 52.9. The number of nitrogens with one attached hydrogen (secondary N) is 2. The van der Waals surface area contributed by atoms with Gasteiger partial charge in [-0.3, -0.25) is 51.6 Å². The van der Waals surface area contributed by atoms with E-state index < -0.39 is 123 Å². The molecule has 2 aromatic rings. The zero-order chi connectivity index (χ0) is 68.0. The highest BCUT2D eigenvalue weighted by molar-refractivity contribution is 7.47. The Bertz CT molecular complexity index is 2630. The number of phosphoric ester groups is 4.